The molecule has 1 aromatic heterocycles. The van der Waals surface area contributed by atoms with Crippen LogP contribution in [0.5, 0.6) is 0 Å². The lowest BCUT2D eigenvalue weighted by atomic mass is 10.3. The molecule has 2 N–H and O–H groups in total. The van der Waals surface area contributed by atoms with E-state index in [2.05, 4.69) is 4.98 Å². The number of thiazole rings is 1. The van der Waals surface area contributed by atoms with Gasteiger partial charge < -0.3 is 14.8 Å². The normalized spacial score (nSPS) is 22.2. The van der Waals surface area contributed by atoms with E-state index in [1.54, 1.807) is 6.92 Å². The number of H-pyrrole nitrogens is 1. The van der Waals surface area contributed by atoms with Crippen molar-refractivity contribution in [3.63, 3.8) is 0 Å². The number of aromatic amines is 1. The minimum Gasteiger partial charge on any atom is -0.394 e. The van der Waals surface area contributed by atoms with Gasteiger partial charge in [-0.2, -0.15) is 4.31 Å². The Bertz CT molecular complexity index is 576. The zero-order chi connectivity index (χ0) is 13.3. The monoisotopic (exact) mass is 294 g/mol. The van der Waals surface area contributed by atoms with Crippen LogP contribution in [0.2, 0.25) is 0 Å². The highest BCUT2D eigenvalue weighted by Gasteiger charge is 2.33. The van der Waals surface area contributed by atoms with Crippen molar-refractivity contribution in [1.29, 1.82) is 0 Å². The molecule has 1 fully saturated rings. The number of rotatable bonds is 3. The van der Waals surface area contributed by atoms with Gasteiger partial charge in [0.15, 0.2) is 4.21 Å². The second-order valence-electron chi connectivity index (χ2n) is 3.97. The number of hydrogen-bond donors (Lipinski definition) is 2. The molecule has 0 saturated carbocycles. The van der Waals surface area contributed by atoms with Crippen molar-refractivity contribution in [3.8, 4) is 0 Å². The molecule has 0 spiro atoms. The van der Waals surface area contributed by atoms with Crippen LogP contribution in [0, 0.1) is 6.92 Å². The number of aliphatic hydroxyl groups is 1. The van der Waals surface area contributed by atoms with E-state index in [0.29, 0.717) is 17.0 Å². The number of nitrogens with one attached hydrogen (secondary N) is 1. The van der Waals surface area contributed by atoms with Crippen molar-refractivity contribution < 1.29 is 18.3 Å². The smallest absolute Gasteiger partial charge is 0.305 e. The second-order valence-corrected chi connectivity index (χ2v) is 7.08. The number of nitrogens with zero attached hydrogens (tertiary/aromatic N) is 1. The summed E-state index contributed by atoms with van der Waals surface area (Å²) >= 11 is 0.680. The molecule has 1 atom stereocenters. The Kier molecular flexibility index (Phi) is 3.87. The van der Waals surface area contributed by atoms with E-state index < -0.39 is 21.0 Å². The van der Waals surface area contributed by atoms with Gasteiger partial charge in [0, 0.05) is 18.8 Å². The first-order valence-corrected chi connectivity index (χ1v) is 7.63. The molecule has 0 bridgehead atoms. The van der Waals surface area contributed by atoms with E-state index in [-0.39, 0.29) is 30.5 Å². The van der Waals surface area contributed by atoms with Crippen LogP contribution in [0.15, 0.2) is 9.00 Å². The lowest BCUT2D eigenvalue weighted by Gasteiger charge is -2.30. The first-order chi connectivity index (χ1) is 8.45. The molecule has 1 aliphatic heterocycles. The fraction of sp³-hybridized carbons (Fsp3) is 0.667. The number of morpholine rings is 1. The van der Waals surface area contributed by atoms with Crippen LogP contribution in [0.1, 0.15) is 5.69 Å². The zero-order valence-electron chi connectivity index (χ0n) is 9.75. The SMILES string of the molecule is Cc1[nH]c(=O)sc1S(=O)(=O)N1CCOC(CO)C1. The van der Waals surface area contributed by atoms with Crippen LogP contribution < -0.4 is 4.87 Å². The van der Waals surface area contributed by atoms with Crippen molar-refractivity contribution in [2.45, 2.75) is 17.2 Å². The number of aromatic nitrogens is 1. The molecule has 2 heterocycles. The lowest BCUT2D eigenvalue weighted by Crippen LogP contribution is -2.46. The fourth-order valence-electron chi connectivity index (χ4n) is 1.77. The van der Waals surface area contributed by atoms with Gasteiger partial charge in [-0.05, 0) is 6.92 Å². The van der Waals surface area contributed by atoms with Gasteiger partial charge in [-0.25, -0.2) is 8.42 Å². The number of aryl methyl sites for hydroxylation is 1. The average Bonchev–Trinajstić information content (AvgIpc) is 2.69. The van der Waals surface area contributed by atoms with E-state index in [4.69, 9.17) is 9.84 Å². The predicted octanol–water partition coefficient (Wildman–Crippen LogP) is -0.873. The van der Waals surface area contributed by atoms with Crippen LogP contribution in [-0.2, 0) is 14.8 Å². The molecule has 0 amide bonds. The Morgan fingerprint density at radius 3 is 2.89 bits per heavy atom. The maximum Gasteiger partial charge on any atom is 0.305 e. The maximum absolute atomic E-state index is 12.3. The average molecular weight is 294 g/mol. The molecule has 1 saturated heterocycles. The molecule has 0 radical (unpaired) electrons. The van der Waals surface area contributed by atoms with Gasteiger partial charge in [0.1, 0.15) is 0 Å². The largest absolute Gasteiger partial charge is 0.394 e. The Morgan fingerprint density at radius 2 is 2.33 bits per heavy atom. The number of ether oxygens (including phenoxy) is 1. The van der Waals surface area contributed by atoms with Crippen molar-refractivity contribution in [3.05, 3.63) is 15.4 Å². The summed E-state index contributed by atoms with van der Waals surface area (Å²) < 4.78 is 31.1. The summed E-state index contributed by atoms with van der Waals surface area (Å²) in [4.78, 5) is 13.2. The Labute approximate surface area is 108 Å². The first kappa shape index (κ1) is 13.7. The van der Waals surface area contributed by atoms with E-state index in [1.165, 1.54) is 4.31 Å². The van der Waals surface area contributed by atoms with Crippen molar-refractivity contribution >= 4 is 21.4 Å². The van der Waals surface area contributed by atoms with Crippen molar-refractivity contribution in [2.24, 2.45) is 0 Å². The highest BCUT2D eigenvalue weighted by Crippen LogP contribution is 2.22. The molecule has 0 aromatic carbocycles. The Morgan fingerprint density at radius 1 is 1.61 bits per heavy atom. The highest BCUT2D eigenvalue weighted by molar-refractivity contribution is 7.91. The van der Waals surface area contributed by atoms with Crippen molar-refractivity contribution in [1.82, 2.24) is 9.29 Å². The standard InChI is InChI=1S/C9H14N2O5S2/c1-6-8(17-9(13)10-6)18(14,15)11-2-3-16-7(4-11)5-12/h7,12H,2-5H2,1H3,(H,10,13). The molecule has 0 aliphatic carbocycles. The zero-order valence-corrected chi connectivity index (χ0v) is 11.4. The summed E-state index contributed by atoms with van der Waals surface area (Å²) in [5, 5.41) is 9.00. The van der Waals surface area contributed by atoms with E-state index in [0.717, 1.165) is 0 Å². The number of aliphatic hydroxyl groups excluding tert-OH is 1. The molecular formula is C9H14N2O5S2. The van der Waals surface area contributed by atoms with Gasteiger partial charge in [-0.15, -0.1) is 0 Å². The van der Waals surface area contributed by atoms with Crippen LogP contribution in [-0.4, -0.2) is 55.2 Å². The van der Waals surface area contributed by atoms with Crippen LogP contribution in [0.3, 0.4) is 0 Å². The topological polar surface area (TPSA) is 99.7 Å². The predicted molar refractivity (Wildman–Crippen MR) is 65.3 cm³/mol. The van der Waals surface area contributed by atoms with Gasteiger partial charge in [-0.3, -0.25) is 4.79 Å². The molecule has 9 heteroatoms. The van der Waals surface area contributed by atoms with Gasteiger partial charge in [-0.1, -0.05) is 11.3 Å². The number of sulfonamides is 1. The van der Waals surface area contributed by atoms with E-state index in [1.807, 2.05) is 0 Å². The molecule has 7 nitrogen and oxygen atoms in total. The van der Waals surface area contributed by atoms with Crippen LogP contribution >= 0.6 is 11.3 Å². The molecule has 102 valence electrons. The quantitative estimate of drug-likeness (QED) is 0.754. The summed E-state index contributed by atoms with van der Waals surface area (Å²) in [5.41, 5.74) is 0.344. The van der Waals surface area contributed by atoms with Gasteiger partial charge in [0.25, 0.3) is 10.0 Å². The first-order valence-electron chi connectivity index (χ1n) is 5.37. The van der Waals surface area contributed by atoms with Gasteiger partial charge >= 0.3 is 4.87 Å². The second kappa shape index (κ2) is 5.10. The number of hydrogen-bond acceptors (Lipinski definition) is 6. The summed E-state index contributed by atoms with van der Waals surface area (Å²) in [6.07, 6.45) is -0.510. The van der Waals surface area contributed by atoms with Crippen LogP contribution in [0.25, 0.3) is 0 Å². The van der Waals surface area contributed by atoms with Crippen LogP contribution in [0.4, 0.5) is 0 Å². The Hall–Kier alpha value is -0.740. The van der Waals surface area contributed by atoms with Gasteiger partial charge in [0.05, 0.1) is 19.3 Å². The third-order valence-electron chi connectivity index (χ3n) is 2.66. The lowest BCUT2D eigenvalue weighted by molar-refractivity contribution is -0.0304. The summed E-state index contributed by atoms with van der Waals surface area (Å²) in [7, 11) is -3.69. The third kappa shape index (κ3) is 2.50. The van der Waals surface area contributed by atoms with E-state index >= 15 is 0 Å². The summed E-state index contributed by atoms with van der Waals surface area (Å²) in [5.74, 6) is 0. The molecule has 1 aromatic rings. The third-order valence-corrected chi connectivity index (χ3v) is 6.11. The Balaban J connectivity index is 2.31. The fourth-order valence-corrected chi connectivity index (χ4v) is 4.67. The summed E-state index contributed by atoms with van der Waals surface area (Å²) in [6.45, 7) is 1.89. The molecular weight excluding hydrogens is 280 g/mol. The van der Waals surface area contributed by atoms with Crippen molar-refractivity contribution in [2.75, 3.05) is 26.3 Å². The highest BCUT2D eigenvalue weighted by atomic mass is 32.2. The minimum atomic E-state index is -3.69. The molecule has 1 unspecified atom stereocenters. The van der Waals surface area contributed by atoms with E-state index in [9.17, 15) is 13.2 Å². The van der Waals surface area contributed by atoms with Gasteiger partial charge in [0.2, 0.25) is 0 Å². The minimum absolute atomic E-state index is 0.0334. The summed E-state index contributed by atoms with van der Waals surface area (Å²) in [6, 6.07) is 0. The molecule has 1 aliphatic rings. The molecule has 18 heavy (non-hydrogen) atoms. The maximum atomic E-state index is 12.3. The molecule has 2 rings (SSSR count).